The maximum atomic E-state index is 11.7. The fourth-order valence-corrected chi connectivity index (χ4v) is 1.93. The summed E-state index contributed by atoms with van der Waals surface area (Å²) in [7, 11) is 0. The van der Waals surface area contributed by atoms with Crippen LogP contribution < -0.4 is 10.2 Å². The summed E-state index contributed by atoms with van der Waals surface area (Å²) < 4.78 is 0. The zero-order chi connectivity index (χ0) is 12.1. The van der Waals surface area contributed by atoms with Crippen molar-refractivity contribution in [1.29, 1.82) is 0 Å². The number of unbranched alkanes of at least 4 members (excludes halogenated alkanes) is 1. The minimum atomic E-state index is -0.294. The van der Waals surface area contributed by atoms with Gasteiger partial charge in [-0.05, 0) is 31.7 Å². The Labute approximate surface area is 114 Å². The van der Waals surface area contributed by atoms with Crippen LogP contribution in [0.5, 0.6) is 11.5 Å². The zero-order valence-corrected chi connectivity index (χ0v) is 11.7. The Morgan fingerprint density at radius 3 is 2.12 bits per heavy atom. The molecule has 1 aromatic rings. The molecular weight excluding hydrogens is 259 g/mol. The summed E-state index contributed by atoms with van der Waals surface area (Å²) in [6.45, 7) is 5.92. The third-order valence-electron chi connectivity index (χ3n) is 2.99. The Kier molecular flexibility index (Phi) is 7.30. The molecule has 0 radical (unpaired) electrons. The molecule has 0 unspecified atom stereocenters. The Bertz CT molecular complexity index is 362. The van der Waals surface area contributed by atoms with Crippen molar-refractivity contribution in [2.24, 2.45) is 0 Å². The molecule has 0 aliphatic rings. The molecule has 0 saturated heterocycles. The van der Waals surface area contributed by atoms with Crippen molar-refractivity contribution in [3.05, 3.63) is 22.8 Å². The smallest absolute Gasteiger partial charge is 0.873 e. The van der Waals surface area contributed by atoms with Crippen molar-refractivity contribution in [2.75, 3.05) is 0 Å². The normalized spacial score (nSPS) is 10.1. The molecule has 0 heterocycles. The van der Waals surface area contributed by atoms with Gasteiger partial charge in [-0.25, -0.2) is 0 Å². The van der Waals surface area contributed by atoms with Crippen LogP contribution in [0.25, 0.3) is 0 Å². The molecule has 0 fully saturated rings. The molecule has 0 N–H and O–H groups in total. The molecule has 0 spiro atoms. The van der Waals surface area contributed by atoms with E-state index >= 15 is 0 Å². The van der Waals surface area contributed by atoms with Crippen LogP contribution in [0.4, 0.5) is 0 Å². The van der Waals surface area contributed by atoms with E-state index in [9.17, 15) is 10.2 Å². The largest absolute Gasteiger partial charge is 2.00 e. The summed E-state index contributed by atoms with van der Waals surface area (Å²) in [5.74, 6) is -0.586. The molecule has 1 rings (SSSR count). The molecule has 0 saturated carbocycles. The van der Waals surface area contributed by atoms with Gasteiger partial charge in [0, 0.05) is 0 Å². The molecule has 3 heteroatoms. The van der Waals surface area contributed by atoms with E-state index < -0.39 is 0 Å². The molecular formula is C14H20NiO2. The van der Waals surface area contributed by atoms with Gasteiger partial charge in [0.05, 0.1) is 0 Å². The van der Waals surface area contributed by atoms with Gasteiger partial charge in [-0.15, -0.1) is 11.5 Å². The van der Waals surface area contributed by atoms with Gasteiger partial charge < -0.3 is 10.2 Å². The first-order valence-corrected chi connectivity index (χ1v) is 6.11. The predicted octanol–water partition coefficient (Wildman–Crippen LogP) is 2.43. The fraction of sp³-hybridized carbons (Fsp3) is 0.571. The standard InChI is InChI=1S/C14H22O2.Ni/c1-4-6-8-11-9-12(7-5-2)14(16)13(15)10(11)3;/h9,15-16H,4-8H2,1-3H3;/q;+2/p-2. The molecule has 17 heavy (non-hydrogen) atoms. The van der Waals surface area contributed by atoms with Crippen LogP contribution in [0.3, 0.4) is 0 Å². The molecule has 1 aromatic carbocycles. The van der Waals surface area contributed by atoms with Crippen LogP contribution in [-0.2, 0) is 29.3 Å². The van der Waals surface area contributed by atoms with Crippen LogP contribution in [0, 0.1) is 6.92 Å². The van der Waals surface area contributed by atoms with Crippen LogP contribution in [-0.4, -0.2) is 0 Å². The number of benzene rings is 1. The molecule has 2 nitrogen and oxygen atoms in total. The second-order valence-corrected chi connectivity index (χ2v) is 4.33. The fourth-order valence-electron chi connectivity index (χ4n) is 1.93. The maximum Gasteiger partial charge on any atom is 2.00 e. The Hall–Kier alpha value is -0.686. The third-order valence-corrected chi connectivity index (χ3v) is 2.99. The summed E-state index contributed by atoms with van der Waals surface area (Å²) in [4.78, 5) is 0. The van der Waals surface area contributed by atoms with Crippen LogP contribution in [0.2, 0.25) is 0 Å². The summed E-state index contributed by atoms with van der Waals surface area (Å²) in [6.07, 6.45) is 4.72. The van der Waals surface area contributed by atoms with Crippen LogP contribution in [0.1, 0.15) is 49.8 Å². The van der Waals surface area contributed by atoms with Crippen molar-refractivity contribution in [2.45, 2.75) is 52.9 Å². The SMILES string of the molecule is CCCCc1cc(CCC)c([O-])c([O-])c1C.[Ni+2]. The minimum absolute atomic E-state index is 0. The maximum absolute atomic E-state index is 11.7. The van der Waals surface area contributed by atoms with E-state index in [1.807, 2.05) is 13.0 Å². The van der Waals surface area contributed by atoms with Crippen LogP contribution in [0.15, 0.2) is 6.07 Å². The molecule has 98 valence electrons. The van der Waals surface area contributed by atoms with Crippen LogP contribution >= 0.6 is 0 Å². The van der Waals surface area contributed by atoms with E-state index in [-0.39, 0.29) is 28.0 Å². The number of aryl methyl sites for hydroxylation is 2. The van der Waals surface area contributed by atoms with Gasteiger partial charge in [0.2, 0.25) is 0 Å². The first-order chi connectivity index (χ1) is 7.61. The number of hydrogen-bond donors (Lipinski definition) is 0. The molecule has 0 bridgehead atoms. The zero-order valence-electron chi connectivity index (χ0n) is 10.7. The van der Waals surface area contributed by atoms with E-state index in [0.717, 1.165) is 31.2 Å². The Morgan fingerprint density at radius 1 is 0.941 bits per heavy atom. The second kappa shape index (κ2) is 7.60. The van der Waals surface area contributed by atoms with Gasteiger partial charge >= 0.3 is 16.5 Å². The van der Waals surface area contributed by atoms with E-state index in [0.29, 0.717) is 17.5 Å². The average Bonchev–Trinajstić information content (AvgIpc) is 2.28. The van der Waals surface area contributed by atoms with Gasteiger partial charge in [-0.2, -0.15) is 0 Å². The Morgan fingerprint density at radius 2 is 1.59 bits per heavy atom. The predicted molar refractivity (Wildman–Crippen MR) is 62.7 cm³/mol. The van der Waals surface area contributed by atoms with Crippen molar-refractivity contribution in [1.82, 2.24) is 0 Å². The first-order valence-electron chi connectivity index (χ1n) is 6.11. The number of rotatable bonds is 5. The average molecular weight is 279 g/mol. The van der Waals surface area contributed by atoms with Crippen molar-refractivity contribution >= 4 is 0 Å². The minimum Gasteiger partial charge on any atom is -0.873 e. The van der Waals surface area contributed by atoms with Gasteiger partial charge in [0.25, 0.3) is 0 Å². The second-order valence-electron chi connectivity index (χ2n) is 4.33. The topological polar surface area (TPSA) is 46.1 Å². The van der Waals surface area contributed by atoms with Crippen molar-refractivity contribution in [3.8, 4) is 11.5 Å². The molecule has 0 aromatic heterocycles. The third kappa shape index (κ3) is 3.92. The summed E-state index contributed by atoms with van der Waals surface area (Å²) in [6, 6.07) is 1.94. The molecule has 0 atom stereocenters. The molecule has 0 amide bonds. The van der Waals surface area contributed by atoms with Gasteiger partial charge in [-0.3, -0.25) is 0 Å². The summed E-state index contributed by atoms with van der Waals surface area (Å²) in [5, 5.41) is 23.4. The molecule has 0 aliphatic heterocycles. The quantitative estimate of drug-likeness (QED) is 0.777. The Balaban J connectivity index is 0.00000256. The van der Waals surface area contributed by atoms with Gasteiger partial charge in [0.1, 0.15) is 0 Å². The van der Waals surface area contributed by atoms with E-state index in [1.165, 1.54) is 0 Å². The van der Waals surface area contributed by atoms with Crippen molar-refractivity contribution < 1.29 is 26.7 Å². The van der Waals surface area contributed by atoms with E-state index in [4.69, 9.17) is 0 Å². The molecule has 0 aliphatic carbocycles. The summed E-state index contributed by atoms with van der Waals surface area (Å²) in [5.41, 5.74) is 2.41. The van der Waals surface area contributed by atoms with Crippen molar-refractivity contribution in [3.63, 3.8) is 0 Å². The monoisotopic (exact) mass is 278 g/mol. The number of hydrogen-bond acceptors (Lipinski definition) is 2. The van der Waals surface area contributed by atoms with E-state index in [2.05, 4.69) is 6.92 Å². The van der Waals surface area contributed by atoms with Gasteiger partial charge in [-0.1, -0.05) is 43.9 Å². The first kappa shape index (κ1) is 16.3. The summed E-state index contributed by atoms with van der Waals surface area (Å²) >= 11 is 0. The van der Waals surface area contributed by atoms with E-state index in [1.54, 1.807) is 6.92 Å². The van der Waals surface area contributed by atoms with Gasteiger partial charge in [0.15, 0.2) is 0 Å².